The number of aromatic nitrogens is 4. The van der Waals surface area contributed by atoms with E-state index in [4.69, 9.17) is 0 Å². The zero-order valence-corrected chi connectivity index (χ0v) is 13.8. The molecule has 25 heavy (non-hydrogen) atoms. The van der Waals surface area contributed by atoms with Crippen LogP contribution in [0.25, 0.3) is 22.1 Å². The first-order valence-corrected chi connectivity index (χ1v) is 8.27. The molecule has 3 aromatic heterocycles. The molecule has 0 unspecified atom stereocenters. The third-order valence-electron chi connectivity index (χ3n) is 4.78. The van der Waals surface area contributed by atoms with E-state index in [1.54, 1.807) is 13.2 Å². The number of rotatable bonds is 3. The molecule has 0 radical (unpaired) electrons. The number of hydrogen-bond acceptors (Lipinski definition) is 4. The van der Waals surface area contributed by atoms with Gasteiger partial charge in [0.25, 0.3) is 0 Å². The lowest BCUT2D eigenvalue weighted by molar-refractivity contribution is -0.148. The molecule has 0 spiro atoms. The summed E-state index contributed by atoms with van der Waals surface area (Å²) in [5, 5.41) is 4.09. The summed E-state index contributed by atoms with van der Waals surface area (Å²) in [4.78, 5) is 13.5. The van der Waals surface area contributed by atoms with Crippen LogP contribution >= 0.6 is 0 Å². The minimum atomic E-state index is -4.15. The first kappa shape index (κ1) is 16.2. The van der Waals surface area contributed by atoms with Gasteiger partial charge in [0.05, 0.1) is 18.3 Å². The Morgan fingerprint density at radius 3 is 2.76 bits per heavy atom. The molecule has 0 atom stereocenters. The van der Waals surface area contributed by atoms with E-state index in [1.165, 1.54) is 4.90 Å². The average Bonchev–Trinajstić information content (AvgIpc) is 3.17. The molecule has 1 aliphatic rings. The molecular formula is C16H19F3N6. The number of hydrogen-bond donors (Lipinski definition) is 2. The van der Waals surface area contributed by atoms with Crippen molar-refractivity contribution < 1.29 is 13.2 Å². The lowest BCUT2D eigenvalue weighted by Crippen LogP contribution is -2.40. The first-order valence-electron chi connectivity index (χ1n) is 8.27. The van der Waals surface area contributed by atoms with Crippen LogP contribution in [-0.4, -0.2) is 57.3 Å². The summed E-state index contributed by atoms with van der Waals surface area (Å²) in [6, 6.07) is 2.07. The summed E-state index contributed by atoms with van der Waals surface area (Å²) in [6.45, 7) is 0.0119. The van der Waals surface area contributed by atoms with Crippen molar-refractivity contribution in [3.8, 4) is 0 Å². The Balaban J connectivity index is 1.68. The van der Waals surface area contributed by atoms with Crippen LogP contribution in [0.4, 0.5) is 19.1 Å². The highest BCUT2D eigenvalue weighted by Gasteiger charge is 2.33. The maximum atomic E-state index is 12.6. The zero-order chi connectivity index (χ0) is 17.6. The van der Waals surface area contributed by atoms with Gasteiger partial charge in [-0.1, -0.05) is 0 Å². The van der Waals surface area contributed by atoms with Gasteiger partial charge in [0.1, 0.15) is 11.2 Å². The van der Waals surface area contributed by atoms with Gasteiger partial charge in [0, 0.05) is 37.8 Å². The molecule has 0 amide bonds. The van der Waals surface area contributed by atoms with E-state index in [1.807, 2.05) is 12.3 Å². The lowest BCUT2D eigenvalue weighted by Gasteiger charge is -2.33. The third kappa shape index (κ3) is 2.92. The predicted octanol–water partition coefficient (Wildman–Crippen LogP) is 3.15. The van der Waals surface area contributed by atoms with Crippen molar-refractivity contribution in [2.45, 2.75) is 25.1 Å². The van der Waals surface area contributed by atoms with Gasteiger partial charge < -0.3 is 14.9 Å². The number of anilines is 1. The van der Waals surface area contributed by atoms with Crippen LogP contribution in [0.15, 0.2) is 18.5 Å². The van der Waals surface area contributed by atoms with Gasteiger partial charge in [-0.3, -0.25) is 4.90 Å². The number of nitrogens with one attached hydrogen (secondary N) is 2. The highest BCUT2D eigenvalue weighted by Crippen LogP contribution is 2.34. The molecule has 1 aliphatic heterocycles. The van der Waals surface area contributed by atoms with Crippen molar-refractivity contribution in [1.29, 1.82) is 0 Å². The van der Waals surface area contributed by atoms with Crippen molar-refractivity contribution in [2.75, 3.05) is 32.0 Å². The van der Waals surface area contributed by atoms with Gasteiger partial charge in [-0.15, -0.1) is 0 Å². The highest BCUT2D eigenvalue weighted by molar-refractivity contribution is 6.02. The number of aromatic amines is 1. The topological polar surface area (TPSA) is 61.8 Å². The number of imidazole rings is 1. The Bertz CT molecular complexity index is 888. The Labute approximate surface area is 142 Å². The maximum Gasteiger partial charge on any atom is 0.401 e. The molecule has 4 rings (SSSR count). The molecule has 9 heteroatoms. The SMILES string of the molecule is CNc1nc2cnc3[nH]ccc3c2n1C1CCN(CC(F)(F)F)CC1. The van der Waals surface area contributed by atoms with E-state index in [2.05, 4.69) is 24.8 Å². The smallest absolute Gasteiger partial charge is 0.359 e. The summed E-state index contributed by atoms with van der Waals surface area (Å²) >= 11 is 0. The van der Waals surface area contributed by atoms with Gasteiger partial charge >= 0.3 is 6.18 Å². The molecule has 1 fully saturated rings. The summed E-state index contributed by atoms with van der Waals surface area (Å²) in [5.74, 6) is 0.722. The highest BCUT2D eigenvalue weighted by atomic mass is 19.4. The fourth-order valence-electron chi connectivity index (χ4n) is 3.71. The fourth-order valence-corrected chi connectivity index (χ4v) is 3.71. The van der Waals surface area contributed by atoms with Gasteiger partial charge in [0.15, 0.2) is 0 Å². The number of pyridine rings is 1. The van der Waals surface area contributed by atoms with Gasteiger partial charge in [-0.05, 0) is 18.9 Å². The predicted molar refractivity (Wildman–Crippen MR) is 89.7 cm³/mol. The molecule has 0 aromatic carbocycles. The summed E-state index contributed by atoms with van der Waals surface area (Å²) < 4.78 is 39.9. The monoisotopic (exact) mass is 352 g/mol. The third-order valence-corrected chi connectivity index (χ3v) is 4.78. The molecular weight excluding hydrogens is 333 g/mol. The number of likely N-dealkylation sites (tertiary alicyclic amines) is 1. The number of H-pyrrole nitrogens is 1. The Morgan fingerprint density at radius 2 is 2.08 bits per heavy atom. The molecule has 0 saturated carbocycles. The zero-order valence-electron chi connectivity index (χ0n) is 13.8. The molecule has 4 heterocycles. The van der Waals surface area contributed by atoms with Crippen LogP contribution in [0.5, 0.6) is 0 Å². The van der Waals surface area contributed by atoms with E-state index in [0.29, 0.717) is 25.9 Å². The maximum absolute atomic E-state index is 12.6. The molecule has 2 N–H and O–H groups in total. The molecule has 134 valence electrons. The van der Waals surface area contributed by atoms with E-state index in [9.17, 15) is 13.2 Å². The summed E-state index contributed by atoms with van der Waals surface area (Å²) in [6.07, 6.45) is 0.728. The lowest BCUT2D eigenvalue weighted by atomic mass is 10.0. The number of halogens is 3. The summed E-state index contributed by atoms with van der Waals surface area (Å²) in [5.41, 5.74) is 2.55. The minimum absolute atomic E-state index is 0.109. The van der Waals surface area contributed by atoms with E-state index < -0.39 is 12.7 Å². The van der Waals surface area contributed by atoms with Crippen LogP contribution in [0.3, 0.4) is 0 Å². The second-order valence-corrected chi connectivity index (χ2v) is 6.41. The number of nitrogens with zero attached hydrogens (tertiary/aromatic N) is 4. The van der Waals surface area contributed by atoms with Crippen LogP contribution in [0.2, 0.25) is 0 Å². The fraction of sp³-hybridized carbons (Fsp3) is 0.500. The van der Waals surface area contributed by atoms with Crippen molar-refractivity contribution in [3.05, 3.63) is 18.5 Å². The summed E-state index contributed by atoms with van der Waals surface area (Å²) in [7, 11) is 1.80. The van der Waals surface area contributed by atoms with Crippen molar-refractivity contribution in [3.63, 3.8) is 0 Å². The average molecular weight is 352 g/mol. The molecule has 3 aromatic rings. The number of alkyl halides is 3. The largest absolute Gasteiger partial charge is 0.401 e. The van der Waals surface area contributed by atoms with Crippen molar-refractivity contribution in [2.24, 2.45) is 0 Å². The number of piperidine rings is 1. The standard InChI is InChI=1S/C16H19F3N6/c1-20-15-23-12-8-22-14-11(2-5-21-14)13(12)25(15)10-3-6-24(7-4-10)9-16(17,18)19/h2,5,8,10H,3-4,6-7,9H2,1H3,(H,20,23)(H,21,22). The van der Waals surface area contributed by atoms with Crippen LogP contribution in [-0.2, 0) is 0 Å². The van der Waals surface area contributed by atoms with Gasteiger partial charge in [-0.25, -0.2) is 9.97 Å². The molecule has 0 aliphatic carbocycles. The van der Waals surface area contributed by atoms with E-state index in [-0.39, 0.29) is 6.04 Å². The Morgan fingerprint density at radius 1 is 1.32 bits per heavy atom. The Kier molecular flexibility index (Phi) is 3.82. The molecule has 6 nitrogen and oxygen atoms in total. The molecule has 0 bridgehead atoms. The van der Waals surface area contributed by atoms with Crippen molar-refractivity contribution in [1.82, 2.24) is 24.4 Å². The Hall–Kier alpha value is -2.29. The van der Waals surface area contributed by atoms with Crippen LogP contribution in [0.1, 0.15) is 18.9 Å². The second-order valence-electron chi connectivity index (χ2n) is 6.41. The van der Waals surface area contributed by atoms with Crippen molar-refractivity contribution >= 4 is 28.0 Å². The van der Waals surface area contributed by atoms with E-state index >= 15 is 0 Å². The number of fused-ring (bicyclic) bond motifs is 3. The van der Waals surface area contributed by atoms with Gasteiger partial charge in [0.2, 0.25) is 5.95 Å². The minimum Gasteiger partial charge on any atom is -0.359 e. The van der Waals surface area contributed by atoms with Crippen LogP contribution in [0, 0.1) is 0 Å². The molecule has 1 saturated heterocycles. The first-order chi connectivity index (χ1) is 12.0. The second kappa shape index (κ2) is 5.91. The normalized spacial score (nSPS) is 17.6. The van der Waals surface area contributed by atoms with Crippen LogP contribution < -0.4 is 5.32 Å². The van der Waals surface area contributed by atoms with E-state index in [0.717, 1.165) is 28.0 Å². The quantitative estimate of drug-likeness (QED) is 0.760. The van der Waals surface area contributed by atoms with Gasteiger partial charge in [-0.2, -0.15) is 13.2 Å².